The summed E-state index contributed by atoms with van der Waals surface area (Å²) >= 11 is 0. The van der Waals surface area contributed by atoms with Crippen LogP contribution in [0.15, 0.2) is 23.0 Å². The van der Waals surface area contributed by atoms with Crippen LogP contribution in [0.2, 0.25) is 0 Å². The van der Waals surface area contributed by atoms with Crippen molar-refractivity contribution in [2.75, 3.05) is 18.0 Å². The van der Waals surface area contributed by atoms with Crippen LogP contribution in [0.3, 0.4) is 0 Å². The molecule has 0 saturated heterocycles. The van der Waals surface area contributed by atoms with Gasteiger partial charge in [0.25, 0.3) is 0 Å². The quantitative estimate of drug-likeness (QED) is 0.799. The molecule has 90 valence electrons. The lowest BCUT2D eigenvalue weighted by Crippen LogP contribution is -2.29. The van der Waals surface area contributed by atoms with Crippen LogP contribution in [0.1, 0.15) is 19.5 Å². The number of hydrogen-bond donors (Lipinski definition) is 0. The Balaban J connectivity index is 2.68. The smallest absolute Gasteiger partial charge is 0.341 e. The highest BCUT2D eigenvalue weighted by atomic mass is 16.1. The molecular weight excluding hydrogens is 216 g/mol. The Labute approximate surface area is 99.7 Å². The van der Waals surface area contributed by atoms with Crippen LogP contribution in [0, 0.1) is 6.92 Å². The van der Waals surface area contributed by atoms with E-state index in [1.165, 1.54) is 4.40 Å². The molecule has 17 heavy (non-hydrogen) atoms. The highest BCUT2D eigenvalue weighted by molar-refractivity contribution is 5.44. The SMILES string of the molecule is CCN(CC)c1nc(=O)n2c(C)cccc2n1. The Morgan fingerprint density at radius 2 is 1.94 bits per heavy atom. The third-order valence-electron chi connectivity index (χ3n) is 2.81. The van der Waals surface area contributed by atoms with E-state index < -0.39 is 0 Å². The summed E-state index contributed by atoms with van der Waals surface area (Å²) in [6.45, 7) is 7.49. The Kier molecular flexibility index (Phi) is 3.08. The van der Waals surface area contributed by atoms with Gasteiger partial charge < -0.3 is 4.90 Å². The largest absolute Gasteiger partial charge is 0.356 e. The zero-order chi connectivity index (χ0) is 12.4. The molecule has 0 bridgehead atoms. The minimum absolute atomic E-state index is 0.269. The van der Waals surface area contributed by atoms with Crippen molar-refractivity contribution in [3.63, 3.8) is 0 Å². The van der Waals surface area contributed by atoms with E-state index in [2.05, 4.69) is 9.97 Å². The molecule has 0 atom stereocenters. The fourth-order valence-electron chi connectivity index (χ4n) is 1.85. The Morgan fingerprint density at radius 1 is 1.24 bits per heavy atom. The van der Waals surface area contributed by atoms with Crippen molar-refractivity contribution in [3.05, 3.63) is 34.4 Å². The lowest BCUT2D eigenvalue weighted by Gasteiger charge is -2.18. The van der Waals surface area contributed by atoms with Crippen molar-refractivity contribution in [3.8, 4) is 0 Å². The molecule has 0 saturated carbocycles. The fraction of sp³-hybridized carbons (Fsp3) is 0.417. The zero-order valence-electron chi connectivity index (χ0n) is 10.3. The molecule has 5 heteroatoms. The minimum Gasteiger partial charge on any atom is -0.341 e. The number of nitrogens with zero attached hydrogens (tertiary/aromatic N) is 4. The first-order valence-corrected chi connectivity index (χ1v) is 5.78. The van der Waals surface area contributed by atoms with Crippen LogP contribution in [-0.2, 0) is 0 Å². The van der Waals surface area contributed by atoms with Crippen molar-refractivity contribution < 1.29 is 0 Å². The van der Waals surface area contributed by atoms with Gasteiger partial charge in [0.15, 0.2) is 0 Å². The third-order valence-corrected chi connectivity index (χ3v) is 2.81. The second kappa shape index (κ2) is 4.53. The van der Waals surface area contributed by atoms with E-state index in [0.29, 0.717) is 11.6 Å². The summed E-state index contributed by atoms with van der Waals surface area (Å²) in [4.78, 5) is 22.3. The summed E-state index contributed by atoms with van der Waals surface area (Å²) in [6.07, 6.45) is 0. The molecule has 0 amide bonds. The molecule has 0 aliphatic carbocycles. The highest BCUT2D eigenvalue weighted by Gasteiger charge is 2.09. The third kappa shape index (κ3) is 2.00. The maximum atomic E-state index is 11.9. The van der Waals surface area contributed by atoms with Gasteiger partial charge in [-0.1, -0.05) is 6.07 Å². The molecule has 0 spiro atoms. The first-order chi connectivity index (χ1) is 8.17. The molecule has 0 fully saturated rings. The lowest BCUT2D eigenvalue weighted by molar-refractivity contribution is 0.795. The normalized spacial score (nSPS) is 10.8. The number of anilines is 1. The summed E-state index contributed by atoms with van der Waals surface area (Å²) in [5.74, 6) is 0.505. The van der Waals surface area contributed by atoms with Gasteiger partial charge in [-0.3, -0.25) is 0 Å². The molecule has 0 aliphatic rings. The predicted octanol–water partition coefficient (Wildman–Crippen LogP) is 1.24. The maximum absolute atomic E-state index is 11.9. The first-order valence-electron chi connectivity index (χ1n) is 5.78. The Morgan fingerprint density at radius 3 is 2.59 bits per heavy atom. The molecule has 2 aromatic heterocycles. The molecule has 0 N–H and O–H groups in total. The van der Waals surface area contributed by atoms with Gasteiger partial charge in [0.2, 0.25) is 5.95 Å². The molecular formula is C12H16N4O. The van der Waals surface area contributed by atoms with E-state index in [4.69, 9.17) is 0 Å². The first kappa shape index (κ1) is 11.6. The standard InChI is InChI=1S/C12H16N4O/c1-4-15(5-2)11-13-10-8-6-7-9(3)16(10)12(17)14-11/h6-8H,4-5H2,1-3H3. The zero-order valence-corrected chi connectivity index (χ0v) is 10.3. The van der Waals surface area contributed by atoms with Gasteiger partial charge in [-0.2, -0.15) is 9.97 Å². The number of rotatable bonds is 3. The van der Waals surface area contributed by atoms with Gasteiger partial charge in [-0.15, -0.1) is 0 Å². The van der Waals surface area contributed by atoms with Gasteiger partial charge in [0, 0.05) is 18.8 Å². The molecule has 0 aliphatic heterocycles. The van der Waals surface area contributed by atoms with Gasteiger partial charge >= 0.3 is 5.69 Å². The van der Waals surface area contributed by atoms with Gasteiger partial charge in [0.05, 0.1) is 0 Å². The Bertz CT molecular complexity index is 587. The molecule has 0 radical (unpaired) electrons. The van der Waals surface area contributed by atoms with Gasteiger partial charge in [-0.05, 0) is 32.9 Å². The molecule has 2 heterocycles. The van der Waals surface area contributed by atoms with Crippen LogP contribution in [-0.4, -0.2) is 27.5 Å². The minimum atomic E-state index is -0.269. The van der Waals surface area contributed by atoms with Crippen LogP contribution in [0.5, 0.6) is 0 Å². The average Bonchev–Trinajstić information content (AvgIpc) is 2.30. The van der Waals surface area contributed by atoms with Gasteiger partial charge in [-0.25, -0.2) is 9.20 Å². The summed E-state index contributed by atoms with van der Waals surface area (Å²) in [6, 6.07) is 5.58. The summed E-state index contributed by atoms with van der Waals surface area (Å²) in [5.41, 5.74) is 1.22. The predicted molar refractivity (Wildman–Crippen MR) is 67.6 cm³/mol. The lowest BCUT2D eigenvalue weighted by atomic mass is 10.3. The number of hydrogen-bond acceptors (Lipinski definition) is 4. The van der Waals surface area contributed by atoms with Crippen LogP contribution in [0.4, 0.5) is 5.95 Å². The van der Waals surface area contributed by atoms with Gasteiger partial charge in [0.1, 0.15) is 5.65 Å². The van der Waals surface area contributed by atoms with Crippen LogP contribution < -0.4 is 10.6 Å². The van der Waals surface area contributed by atoms with Crippen molar-refractivity contribution in [1.29, 1.82) is 0 Å². The monoisotopic (exact) mass is 232 g/mol. The van der Waals surface area contributed by atoms with Crippen LogP contribution in [0.25, 0.3) is 5.65 Å². The average molecular weight is 232 g/mol. The van der Waals surface area contributed by atoms with Crippen molar-refractivity contribution >= 4 is 11.6 Å². The number of aryl methyl sites for hydroxylation is 1. The summed E-state index contributed by atoms with van der Waals surface area (Å²) in [5, 5.41) is 0. The van der Waals surface area contributed by atoms with Crippen molar-refractivity contribution in [2.24, 2.45) is 0 Å². The highest BCUT2D eigenvalue weighted by Crippen LogP contribution is 2.07. The van der Waals surface area contributed by atoms with Crippen molar-refractivity contribution in [1.82, 2.24) is 14.4 Å². The van der Waals surface area contributed by atoms with Crippen molar-refractivity contribution in [2.45, 2.75) is 20.8 Å². The van der Waals surface area contributed by atoms with E-state index in [-0.39, 0.29) is 5.69 Å². The summed E-state index contributed by atoms with van der Waals surface area (Å²) < 4.78 is 1.52. The summed E-state index contributed by atoms with van der Waals surface area (Å²) in [7, 11) is 0. The van der Waals surface area contributed by atoms with E-state index >= 15 is 0 Å². The van der Waals surface area contributed by atoms with E-state index in [9.17, 15) is 4.79 Å². The number of fused-ring (bicyclic) bond motifs is 1. The fourth-order valence-corrected chi connectivity index (χ4v) is 1.85. The topological polar surface area (TPSA) is 50.5 Å². The van der Waals surface area contributed by atoms with E-state index in [1.54, 1.807) is 0 Å². The Hall–Kier alpha value is -1.91. The maximum Gasteiger partial charge on any atom is 0.356 e. The molecule has 2 rings (SSSR count). The van der Waals surface area contributed by atoms with E-state index in [1.807, 2.05) is 43.9 Å². The molecule has 2 aromatic rings. The second-order valence-electron chi connectivity index (χ2n) is 3.84. The second-order valence-corrected chi connectivity index (χ2v) is 3.84. The number of aromatic nitrogens is 3. The van der Waals surface area contributed by atoms with Crippen LogP contribution >= 0.6 is 0 Å². The molecule has 5 nitrogen and oxygen atoms in total. The molecule has 0 unspecified atom stereocenters. The number of pyridine rings is 1. The molecule has 0 aromatic carbocycles. The van der Waals surface area contributed by atoms with E-state index in [0.717, 1.165) is 18.8 Å².